The fraction of sp³-hybridized carbons (Fsp3) is 0.0769. The summed E-state index contributed by atoms with van der Waals surface area (Å²) in [7, 11) is 0. The lowest BCUT2D eigenvalue weighted by molar-refractivity contribution is -0.118. The molecule has 4 nitrogen and oxygen atoms in total. The van der Waals surface area contributed by atoms with E-state index in [1.807, 2.05) is 0 Å². The second kappa shape index (κ2) is 6.41. The summed E-state index contributed by atoms with van der Waals surface area (Å²) < 4.78 is 5.30. The van der Waals surface area contributed by atoms with E-state index in [4.69, 9.17) is 27.9 Å². The summed E-state index contributed by atoms with van der Waals surface area (Å²) in [6, 6.07) is 8.27. The molecule has 0 saturated carbocycles. The van der Waals surface area contributed by atoms with Crippen LogP contribution in [-0.4, -0.2) is 17.5 Å². The van der Waals surface area contributed by atoms with Gasteiger partial charge in [-0.25, -0.2) is 0 Å². The fourth-order valence-electron chi connectivity index (χ4n) is 1.37. The number of amides is 1. The van der Waals surface area contributed by atoms with Gasteiger partial charge in [0.25, 0.3) is 5.91 Å². The van der Waals surface area contributed by atoms with Gasteiger partial charge in [-0.2, -0.15) is 0 Å². The van der Waals surface area contributed by atoms with Crippen LogP contribution in [0, 0.1) is 0 Å². The zero-order valence-electron chi connectivity index (χ0n) is 9.77. The van der Waals surface area contributed by atoms with Crippen LogP contribution in [-0.2, 0) is 4.79 Å². The molecule has 0 saturated heterocycles. The summed E-state index contributed by atoms with van der Waals surface area (Å²) in [6.07, 6.45) is 3.17. The molecule has 1 heterocycles. The van der Waals surface area contributed by atoms with Crippen LogP contribution in [0.4, 0.5) is 5.69 Å². The number of hydrogen-bond acceptors (Lipinski definition) is 3. The monoisotopic (exact) mass is 296 g/mol. The van der Waals surface area contributed by atoms with Gasteiger partial charge in [-0.3, -0.25) is 9.78 Å². The Morgan fingerprint density at radius 1 is 1.32 bits per heavy atom. The van der Waals surface area contributed by atoms with Crippen LogP contribution in [0.2, 0.25) is 10.0 Å². The van der Waals surface area contributed by atoms with Gasteiger partial charge in [0.2, 0.25) is 0 Å². The van der Waals surface area contributed by atoms with Gasteiger partial charge in [0, 0.05) is 11.2 Å². The van der Waals surface area contributed by atoms with Gasteiger partial charge in [-0.05, 0) is 30.3 Å². The van der Waals surface area contributed by atoms with E-state index in [0.29, 0.717) is 21.5 Å². The molecule has 0 bridgehead atoms. The van der Waals surface area contributed by atoms with Crippen molar-refractivity contribution in [2.75, 3.05) is 11.9 Å². The number of nitrogens with zero attached hydrogens (tertiary/aromatic N) is 1. The van der Waals surface area contributed by atoms with E-state index in [9.17, 15) is 4.79 Å². The van der Waals surface area contributed by atoms with E-state index < -0.39 is 0 Å². The van der Waals surface area contributed by atoms with Gasteiger partial charge in [0.1, 0.15) is 5.75 Å². The highest BCUT2D eigenvalue weighted by atomic mass is 35.5. The van der Waals surface area contributed by atoms with Crippen LogP contribution in [0.5, 0.6) is 5.75 Å². The average molecular weight is 297 g/mol. The van der Waals surface area contributed by atoms with Gasteiger partial charge < -0.3 is 10.1 Å². The molecule has 0 aliphatic rings. The first kappa shape index (κ1) is 13.6. The molecule has 1 amide bonds. The Bertz CT molecular complexity index is 576. The van der Waals surface area contributed by atoms with Gasteiger partial charge in [0.05, 0.1) is 16.9 Å². The third-order valence-corrected chi connectivity index (χ3v) is 2.73. The summed E-state index contributed by atoms with van der Waals surface area (Å²) in [5, 5.41) is 3.52. The number of aromatic nitrogens is 1. The first-order valence-electron chi connectivity index (χ1n) is 5.43. The number of hydrogen-bond donors (Lipinski definition) is 1. The molecule has 1 aromatic heterocycles. The van der Waals surface area contributed by atoms with Gasteiger partial charge in [-0.1, -0.05) is 23.2 Å². The molecular formula is C13H10Cl2N2O2. The predicted molar refractivity (Wildman–Crippen MR) is 74.8 cm³/mol. The second-order valence-corrected chi connectivity index (χ2v) is 4.50. The molecule has 0 unspecified atom stereocenters. The number of benzene rings is 1. The number of anilines is 1. The molecule has 1 N–H and O–H groups in total. The lowest BCUT2D eigenvalue weighted by Crippen LogP contribution is -2.20. The Kier molecular flexibility index (Phi) is 4.60. The van der Waals surface area contributed by atoms with Crippen molar-refractivity contribution >= 4 is 34.8 Å². The molecule has 2 rings (SSSR count). The number of carbonyl (C=O) groups excluding carboxylic acids is 1. The fourth-order valence-corrected chi connectivity index (χ4v) is 1.83. The molecule has 2 aromatic rings. The molecular weight excluding hydrogens is 287 g/mol. The normalized spacial score (nSPS) is 10.0. The van der Waals surface area contributed by atoms with Crippen molar-refractivity contribution in [2.24, 2.45) is 0 Å². The second-order valence-electron chi connectivity index (χ2n) is 3.65. The van der Waals surface area contributed by atoms with E-state index in [-0.39, 0.29) is 12.5 Å². The molecule has 0 aliphatic carbocycles. The van der Waals surface area contributed by atoms with E-state index in [1.165, 1.54) is 0 Å². The number of halogens is 2. The summed E-state index contributed by atoms with van der Waals surface area (Å²) in [4.78, 5) is 15.5. The average Bonchev–Trinajstić information content (AvgIpc) is 2.39. The maximum absolute atomic E-state index is 11.6. The van der Waals surface area contributed by atoms with Crippen molar-refractivity contribution in [3.63, 3.8) is 0 Å². The molecule has 6 heteroatoms. The zero-order chi connectivity index (χ0) is 13.7. The smallest absolute Gasteiger partial charge is 0.262 e. The molecule has 0 fully saturated rings. The number of nitrogens with one attached hydrogen (secondary N) is 1. The molecule has 0 radical (unpaired) electrons. The van der Waals surface area contributed by atoms with Crippen LogP contribution in [0.25, 0.3) is 0 Å². The maximum Gasteiger partial charge on any atom is 0.262 e. The third-order valence-electron chi connectivity index (χ3n) is 2.20. The van der Waals surface area contributed by atoms with Gasteiger partial charge in [0.15, 0.2) is 6.61 Å². The minimum Gasteiger partial charge on any atom is -0.482 e. The Morgan fingerprint density at radius 3 is 2.84 bits per heavy atom. The predicted octanol–water partition coefficient (Wildman–Crippen LogP) is 3.41. The Hall–Kier alpha value is -1.78. The number of ether oxygens (including phenoxy) is 1. The Balaban J connectivity index is 1.90. The highest BCUT2D eigenvalue weighted by molar-refractivity contribution is 6.35. The molecule has 0 atom stereocenters. The quantitative estimate of drug-likeness (QED) is 0.941. The van der Waals surface area contributed by atoms with Crippen molar-refractivity contribution in [1.29, 1.82) is 0 Å². The number of carbonyl (C=O) groups is 1. The first-order valence-corrected chi connectivity index (χ1v) is 6.18. The van der Waals surface area contributed by atoms with E-state index in [0.717, 1.165) is 0 Å². The van der Waals surface area contributed by atoms with E-state index in [2.05, 4.69) is 10.3 Å². The lowest BCUT2D eigenvalue weighted by atomic mass is 10.3. The Morgan fingerprint density at radius 2 is 2.16 bits per heavy atom. The van der Waals surface area contributed by atoms with Crippen LogP contribution in [0.3, 0.4) is 0 Å². The number of pyridine rings is 1. The van der Waals surface area contributed by atoms with E-state index >= 15 is 0 Å². The third kappa shape index (κ3) is 4.12. The molecule has 98 valence electrons. The summed E-state index contributed by atoms with van der Waals surface area (Å²) >= 11 is 11.7. The minimum atomic E-state index is -0.293. The largest absolute Gasteiger partial charge is 0.482 e. The first-order chi connectivity index (χ1) is 9.15. The maximum atomic E-state index is 11.6. The van der Waals surface area contributed by atoms with Crippen molar-refractivity contribution in [3.05, 3.63) is 52.8 Å². The summed E-state index contributed by atoms with van der Waals surface area (Å²) in [5.41, 5.74) is 0.610. The molecule has 19 heavy (non-hydrogen) atoms. The van der Waals surface area contributed by atoms with E-state index in [1.54, 1.807) is 42.7 Å². The van der Waals surface area contributed by atoms with Crippen LogP contribution in [0.15, 0.2) is 42.7 Å². The molecule has 0 aliphatic heterocycles. The van der Waals surface area contributed by atoms with Crippen molar-refractivity contribution < 1.29 is 9.53 Å². The minimum absolute atomic E-state index is 0.143. The van der Waals surface area contributed by atoms with Gasteiger partial charge in [-0.15, -0.1) is 0 Å². The van der Waals surface area contributed by atoms with Crippen molar-refractivity contribution in [3.8, 4) is 5.75 Å². The summed E-state index contributed by atoms with van der Waals surface area (Å²) in [6.45, 7) is -0.143. The standard InChI is InChI=1S/C13H10Cl2N2O2/c14-9-3-4-12(11(15)6-9)19-8-13(18)17-10-2-1-5-16-7-10/h1-7H,8H2,(H,17,18). The number of rotatable bonds is 4. The SMILES string of the molecule is O=C(COc1ccc(Cl)cc1Cl)Nc1cccnc1. The molecule has 1 aromatic carbocycles. The molecule has 0 spiro atoms. The zero-order valence-corrected chi connectivity index (χ0v) is 11.3. The highest BCUT2D eigenvalue weighted by Crippen LogP contribution is 2.27. The van der Waals surface area contributed by atoms with Crippen LogP contribution >= 0.6 is 23.2 Å². The lowest BCUT2D eigenvalue weighted by Gasteiger charge is -2.08. The highest BCUT2D eigenvalue weighted by Gasteiger charge is 2.06. The van der Waals surface area contributed by atoms with Gasteiger partial charge >= 0.3 is 0 Å². The Labute approximate surface area is 120 Å². The van der Waals surface area contributed by atoms with Crippen molar-refractivity contribution in [1.82, 2.24) is 4.98 Å². The summed E-state index contributed by atoms with van der Waals surface area (Å²) in [5.74, 6) is 0.117. The topological polar surface area (TPSA) is 51.2 Å². The van der Waals surface area contributed by atoms with Crippen LogP contribution < -0.4 is 10.1 Å². The van der Waals surface area contributed by atoms with Crippen LogP contribution in [0.1, 0.15) is 0 Å². The van der Waals surface area contributed by atoms with Crippen molar-refractivity contribution in [2.45, 2.75) is 0 Å².